The third-order valence-electron chi connectivity index (χ3n) is 3.62. The Hall–Kier alpha value is -2.26. The maximum atomic E-state index is 13.9. The molecule has 0 fully saturated rings. The molecule has 2 rings (SSSR count). The van der Waals surface area contributed by atoms with Gasteiger partial charge in [-0.15, -0.1) is 0 Å². The average Bonchev–Trinajstić information content (AvgIpc) is 2.56. The molecule has 9 heteroatoms. The monoisotopic (exact) mass is 389 g/mol. The van der Waals surface area contributed by atoms with Crippen LogP contribution in [-0.2, 0) is 16.6 Å². The third kappa shape index (κ3) is 4.47. The quantitative estimate of drug-likeness (QED) is 0.727. The van der Waals surface area contributed by atoms with Crippen molar-refractivity contribution >= 4 is 10.0 Å². The highest BCUT2D eigenvalue weighted by molar-refractivity contribution is 7.89. The molecule has 0 unspecified atom stereocenters. The van der Waals surface area contributed by atoms with Crippen LogP contribution in [0.4, 0.5) is 13.2 Å². The maximum Gasteiger partial charge on any atom is 0.387 e. The van der Waals surface area contributed by atoms with Gasteiger partial charge in [0, 0.05) is 13.6 Å². The molecule has 0 bridgehead atoms. The molecule has 2 aromatic carbocycles. The van der Waals surface area contributed by atoms with E-state index in [1.54, 1.807) is 6.92 Å². The zero-order chi connectivity index (χ0) is 19.5. The molecule has 0 saturated heterocycles. The molecule has 0 atom stereocenters. The predicted molar refractivity (Wildman–Crippen MR) is 89.4 cm³/mol. The number of aryl methyl sites for hydroxylation is 1. The van der Waals surface area contributed by atoms with Crippen LogP contribution in [0, 0.1) is 12.7 Å². The van der Waals surface area contributed by atoms with Crippen LogP contribution in [0.5, 0.6) is 11.5 Å². The molecule has 0 N–H and O–H groups in total. The summed E-state index contributed by atoms with van der Waals surface area (Å²) in [5.74, 6) is -0.990. The van der Waals surface area contributed by atoms with Gasteiger partial charge >= 0.3 is 6.61 Å². The van der Waals surface area contributed by atoms with E-state index in [9.17, 15) is 21.6 Å². The molecule has 5 nitrogen and oxygen atoms in total. The zero-order valence-electron chi connectivity index (χ0n) is 14.4. The van der Waals surface area contributed by atoms with Crippen LogP contribution in [0.1, 0.15) is 11.1 Å². The van der Waals surface area contributed by atoms with Gasteiger partial charge in [0.25, 0.3) is 0 Å². The zero-order valence-corrected chi connectivity index (χ0v) is 15.2. The van der Waals surface area contributed by atoms with E-state index in [2.05, 4.69) is 4.74 Å². The average molecular weight is 389 g/mol. The Kier molecular flexibility index (Phi) is 6.14. The number of sulfonamides is 1. The van der Waals surface area contributed by atoms with E-state index in [0.717, 1.165) is 10.4 Å². The van der Waals surface area contributed by atoms with Crippen molar-refractivity contribution in [2.24, 2.45) is 0 Å². The van der Waals surface area contributed by atoms with Crippen molar-refractivity contribution in [1.29, 1.82) is 0 Å². The SMILES string of the molecule is COc1ccc(CN(C)S(=O)(=O)c2cc(C)ccc2F)cc1OC(F)F. The molecule has 0 aliphatic heterocycles. The molecule has 0 saturated carbocycles. The van der Waals surface area contributed by atoms with Gasteiger partial charge in [0.05, 0.1) is 7.11 Å². The first-order valence-electron chi connectivity index (χ1n) is 7.49. The number of hydrogen-bond acceptors (Lipinski definition) is 4. The Morgan fingerprint density at radius 2 is 1.81 bits per heavy atom. The molecule has 26 heavy (non-hydrogen) atoms. The number of ether oxygens (including phenoxy) is 2. The number of benzene rings is 2. The van der Waals surface area contributed by atoms with E-state index in [0.29, 0.717) is 11.1 Å². The number of alkyl halides is 2. The van der Waals surface area contributed by atoms with Crippen molar-refractivity contribution in [2.45, 2.75) is 25.0 Å². The third-order valence-corrected chi connectivity index (χ3v) is 5.44. The van der Waals surface area contributed by atoms with Crippen molar-refractivity contribution in [3.63, 3.8) is 0 Å². The second kappa shape index (κ2) is 7.96. The molecule has 2 aromatic rings. The lowest BCUT2D eigenvalue weighted by atomic mass is 10.2. The summed E-state index contributed by atoms with van der Waals surface area (Å²) in [7, 11) is -1.53. The van der Waals surface area contributed by atoms with Crippen LogP contribution in [0.2, 0.25) is 0 Å². The van der Waals surface area contributed by atoms with Crippen molar-refractivity contribution < 1.29 is 31.1 Å². The van der Waals surface area contributed by atoms with E-state index >= 15 is 0 Å². The maximum absolute atomic E-state index is 13.9. The molecule has 0 aliphatic carbocycles. The van der Waals surface area contributed by atoms with E-state index in [-0.39, 0.29) is 18.0 Å². The molecule has 0 amide bonds. The highest BCUT2D eigenvalue weighted by atomic mass is 32.2. The van der Waals surface area contributed by atoms with Gasteiger partial charge < -0.3 is 9.47 Å². The molecular formula is C17H18F3NO4S. The molecule has 0 aliphatic rings. The highest BCUT2D eigenvalue weighted by Gasteiger charge is 2.25. The normalized spacial score (nSPS) is 11.8. The lowest BCUT2D eigenvalue weighted by Crippen LogP contribution is -2.27. The van der Waals surface area contributed by atoms with Gasteiger partial charge in [0.15, 0.2) is 11.5 Å². The van der Waals surface area contributed by atoms with Crippen molar-refractivity contribution in [2.75, 3.05) is 14.2 Å². The summed E-state index contributed by atoms with van der Waals surface area (Å²) in [5.41, 5.74) is 0.969. The summed E-state index contributed by atoms with van der Waals surface area (Å²) < 4.78 is 74.4. The van der Waals surface area contributed by atoms with Crippen LogP contribution >= 0.6 is 0 Å². The number of halogens is 3. The fraction of sp³-hybridized carbons (Fsp3) is 0.294. The van der Waals surface area contributed by atoms with Crippen LogP contribution in [-0.4, -0.2) is 33.5 Å². The highest BCUT2D eigenvalue weighted by Crippen LogP contribution is 2.30. The van der Waals surface area contributed by atoms with Crippen molar-refractivity contribution in [3.05, 3.63) is 53.3 Å². The summed E-state index contributed by atoms with van der Waals surface area (Å²) in [6.45, 7) is -1.57. The lowest BCUT2D eigenvalue weighted by Gasteiger charge is -2.19. The van der Waals surface area contributed by atoms with E-state index in [1.165, 1.54) is 44.5 Å². The Bertz CT molecular complexity index is 888. The standard InChI is InChI=1S/C17H18F3NO4S/c1-11-4-6-13(18)16(8-11)26(22,23)21(2)10-12-5-7-14(24-3)15(9-12)25-17(19)20/h4-9,17H,10H2,1-3H3. The molecular weight excluding hydrogens is 371 g/mol. The van der Waals surface area contributed by atoms with Gasteiger partial charge in [-0.25, -0.2) is 12.8 Å². The first kappa shape index (κ1) is 20.1. The number of methoxy groups -OCH3 is 1. The van der Waals surface area contributed by atoms with Gasteiger partial charge in [-0.3, -0.25) is 0 Å². The second-order valence-corrected chi connectivity index (χ2v) is 7.57. The van der Waals surface area contributed by atoms with Gasteiger partial charge in [-0.2, -0.15) is 13.1 Å². The van der Waals surface area contributed by atoms with Crippen LogP contribution in [0.15, 0.2) is 41.3 Å². The largest absolute Gasteiger partial charge is 0.493 e. The first-order chi connectivity index (χ1) is 12.1. The first-order valence-corrected chi connectivity index (χ1v) is 8.93. The van der Waals surface area contributed by atoms with Crippen molar-refractivity contribution in [1.82, 2.24) is 4.31 Å². The van der Waals surface area contributed by atoms with Gasteiger partial charge in [-0.1, -0.05) is 12.1 Å². The van der Waals surface area contributed by atoms with E-state index in [4.69, 9.17) is 4.74 Å². The minimum absolute atomic E-state index is 0.0873. The Labute approximate surface area is 150 Å². The number of nitrogens with zero attached hydrogens (tertiary/aromatic N) is 1. The fourth-order valence-corrected chi connectivity index (χ4v) is 3.63. The molecule has 0 radical (unpaired) electrons. The molecule has 142 valence electrons. The van der Waals surface area contributed by atoms with Gasteiger partial charge in [0.2, 0.25) is 10.0 Å². The minimum atomic E-state index is -4.10. The van der Waals surface area contributed by atoms with Gasteiger partial charge in [0.1, 0.15) is 10.7 Å². The summed E-state index contributed by atoms with van der Waals surface area (Å²) >= 11 is 0. The molecule has 0 heterocycles. The van der Waals surface area contributed by atoms with Crippen LogP contribution in [0.3, 0.4) is 0 Å². The molecule has 0 spiro atoms. The predicted octanol–water partition coefficient (Wildman–Crippen LogP) is 3.56. The van der Waals surface area contributed by atoms with E-state index < -0.39 is 27.3 Å². The Morgan fingerprint density at radius 1 is 1.12 bits per heavy atom. The summed E-state index contributed by atoms with van der Waals surface area (Å²) in [5, 5.41) is 0. The number of hydrogen-bond donors (Lipinski definition) is 0. The van der Waals surface area contributed by atoms with Gasteiger partial charge in [-0.05, 0) is 42.3 Å². The number of rotatable bonds is 7. The van der Waals surface area contributed by atoms with Crippen molar-refractivity contribution in [3.8, 4) is 11.5 Å². The van der Waals surface area contributed by atoms with E-state index in [1.807, 2.05) is 0 Å². The summed E-state index contributed by atoms with van der Waals surface area (Å²) in [6.07, 6.45) is 0. The second-order valence-electron chi connectivity index (χ2n) is 5.56. The van der Waals surface area contributed by atoms with Crippen LogP contribution < -0.4 is 9.47 Å². The smallest absolute Gasteiger partial charge is 0.387 e. The topological polar surface area (TPSA) is 55.8 Å². The summed E-state index contributed by atoms with van der Waals surface area (Å²) in [4.78, 5) is -0.447. The lowest BCUT2D eigenvalue weighted by molar-refractivity contribution is -0.0512. The molecule has 0 aromatic heterocycles. The summed E-state index contributed by atoms with van der Waals surface area (Å²) in [6, 6.07) is 7.93. The minimum Gasteiger partial charge on any atom is -0.493 e. The Balaban J connectivity index is 2.31. The Morgan fingerprint density at radius 3 is 2.42 bits per heavy atom. The van der Waals surface area contributed by atoms with Crippen LogP contribution in [0.25, 0.3) is 0 Å². The fourth-order valence-electron chi connectivity index (χ4n) is 2.33.